The van der Waals surface area contributed by atoms with Gasteiger partial charge >= 0.3 is 27.6 Å². The molecule has 9 heterocycles. The smallest absolute Gasteiger partial charge is 0.463 e. The number of nitrogens with two attached hydrogens (primary N) is 3. The lowest BCUT2D eigenvalue weighted by atomic mass is 9.47. The zero-order chi connectivity index (χ0) is 66.0. The Kier molecular flexibility index (Phi) is 18.8. The van der Waals surface area contributed by atoms with Gasteiger partial charge in [-0.25, -0.2) is 54.0 Å². The van der Waals surface area contributed by atoms with E-state index in [4.69, 9.17) is 59.0 Å². The molecule has 6 aromatic rings. The number of hydrogen-bond acceptors (Lipinski definition) is 26. The van der Waals surface area contributed by atoms with Crippen molar-refractivity contribution >= 4 is 78.5 Å². The number of nitrogen functional groups attached to an aromatic ring is 3. The normalized spacial score (nSPS) is 33.3. The monoisotopic (exact) mass is 1350 g/mol. The van der Waals surface area contributed by atoms with Gasteiger partial charge in [0.1, 0.15) is 66.6 Å². The van der Waals surface area contributed by atoms with E-state index in [-0.39, 0.29) is 90.0 Å². The van der Waals surface area contributed by atoms with Crippen LogP contribution in [0.15, 0.2) is 49.6 Å². The van der Waals surface area contributed by atoms with E-state index in [0.717, 1.165) is 42.9 Å². The van der Waals surface area contributed by atoms with Gasteiger partial charge in [0.2, 0.25) is 0 Å². The van der Waals surface area contributed by atoms with Crippen molar-refractivity contribution in [3.05, 3.63) is 49.6 Å². The van der Waals surface area contributed by atoms with Gasteiger partial charge in [-0.3, -0.25) is 41.4 Å². The predicted molar refractivity (Wildman–Crippen MR) is 335 cm³/mol. The highest BCUT2D eigenvalue weighted by atomic mass is 31.2. The molecule has 6 fully saturated rings. The fourth-order valence-corrected chi connectivity index (χ4v) is 18.7. The van der Waals surface area contributed by atoms with Crippen LogP contribution in [0.1, 0.15) is 156 Å². The number of fused-ring (bicyclic) bond motifs is 8. The number of phosphoric acid groups is 2. The number of phosphoric ester groups is 2. The highest BCUT2D eigenvalue weighted by molar-refractivity contribution is 7.47. The van der Waals surface area contributed by atoms with Crippen molar-refractivity contribution in [2.75, 3.05) is 37.0 Å². The van der Waals surface area contributed by atoms with Gasteiger partial charge in [-0.1, -0.05) is 65.5 Å². The zero-order valence-electron chi connectivity index (χ0n) is 53.4. The highest BCUT2D eigenvalue weighted by Gasteiger charge is 2.59. The van der Waals surface area contributed by atoms with Crippen molar-refractivity contribution in [2.45, 2.75) is 199 Å². The maximum absolute atomic E-state index is 14.1. The van der Waals surface area contributed by atoms with Crippen LogP contribution < -0.4 is 17.2 Å². The maximum atomic E-state index is 14.1. The number of rotatable bonds is 24. The molecule has 0 spiro atoms. The Labute approximate surface area is 542 Å². The lowest BCUT2D eigenvalue weighted by molar-refractivity contribution is -0.157. The molecule has 3 aliphatic heterocycles. The van der Waals surface area contributed by atoms with E-state index in [1.165, 1.54) is 102 Å². The number of nitrogens with zero attached hydrogens (tertiary/aromatic N) is 12. The number of hydrogen-bond donors (Lipinski definition) is 6. The molecule has 0 radical (unpaired) electrons. The molecular weight excluding hydrogens is 1260 g/mol. The third-order valence-corrected chi connectivity index (χ3v) is 23.4. The van der Waals surface area contributed by atoms with Crippen LogP contribution in [0.4, 0.5) is 17.5 Å². The van der Waals surface area contributed by atoms with E-state index < -0.39 is 96.1 Å². The molecule has 0 amide bonds. The minimum Gasteiger partial charge on any atom is -0.463 e. The summed E-state index contributed by atoms with van der Waals surface area (Å²) in [6, 6.07) is 0. The Bertz CT molecular complexity index is 3890. The van der Waals surface area contributed by atoms with Crippen LogP contribution in [-0.2, 0) is 60.5 Å². The molecule has 0 bridgehead atoms. The van der Waals surface area contributed by atoms with E-state index in [1.54, 1.807) is 0 Å². The lowest BCUT2D eigenvalue weighted by Crippen LogP contribution is -2.51. The third kappa shape index (κ3) is 13.4. The molecule has 33 heteroatoms. The second kappa shape index (κ2) is 26.7. The average Bonchev–Trinajstić information content (AvgIpc) is 1.32. The Morgan fingerprint density at radius 1 is 0.649 bits per heavy atom. The Hall–Kier alpha value is -6.21. The van der Waals surface area contributed by atoms with Gasteiger partial charge in [0.15, 0.2) is 53.1 Å². The second-order valence-electron chi connectivity index (χ2n) is 27.6. The third-order valence-electron chi connectivity index (χ3n) is 21.3. The average molecular weight is 1350 g/mol. The summed E-state index contributed by atoms with van der Waals surface area (Å²) in [5.74, 6) is 3.44. The Morgan fingerprint density at radius 2 is 1.17 bits per heavy atom. The van der Waals surface area contributed by atoms with Gasteiger partial charge in [0.05, 0.1) is 63.3 Å². The van der Waals surface area contributed by atoms with Crippen LogP contribution in [0.25, 0.3) is 33.5 Å². The number of ether oxygens (including phenoxy) is 5. The summed E-state index contributed by atoms with van der Waals surface area (Å²) >= 11 is 0. The van der Waals surface area contributed by atoms with E-state index in [0.29, 0.717) is 34.8 Å². The Morgan fingerprint density at radius 3 is 1.73 bits per heavy atom. The first-order valence-corrected chi connectivity index (χ1v) is 35.7. The summed E-state index contributed by atoms with van der Waals surface area (Å²) in [6.07, 6.45) is 11.8. The van der Waals surface area contributed by atoms with Crippen molar-refractivity contribution in [1.29, 1.82) is 0 Å². The van der Waals surface area contributed by atoms with E-state index in [1.807, 2.05) is 0 Å². The van der Waals surface area contributed by atoms with Crippen LogP contribution in [0.2, 0.25) is 0 Å². The van der Waals surface area contributed by atoms with Crippen molar-refractivity contribution in [3.63, 3.8) is 0 Å². The van der Waals surface area contributed by atoms with Crippen LogP contribution >= 0.6 is 15.6 Å². The summed E-state index contributed by atoms with van der Waals surface area (Å²) in [7, 11) is -10.1. The molecule has 13 rings (SSSR count). The fraction of sp³-hybridized carbons (Fsp3) is 0.689. The number of anilines is 3. The summed E-state index contributed by atoms with van der Waals surface area (Å²) in [4.78, 5) is 86.9. The molecule has 19 atom stereocenters. The summed E-state index contributed by atoms with van der Waals surface area (Å²) in [5, 5.41) is 11.0. The SMILES string of the molecule is CC(C)CCC[C@@H](C)[C@H]1CC[C@H]2[C@@H]3CC=C4C[C@@H](OC(=O)CCC(=O)OC[C@@H]5C[C@@H](OP(=O)(O)OC[C@@H]6C[C@@H](OP(=O)(O)OC[C@@H]7C[C@@H](O)[C@H](n8cnc9c(N)ncnc98)O7)[C@H](n7cnc8c(N)ncnc87)O6)[C@H](n6cnc7c(N)ncnc76)O5)CC[C@]4(C)[C@H]3CC[C@]12C. The molecule has 6 aromatic heterocycles. The van der Waals surface area contributed by atoms with E-state index in [9.17, 15) is 33.6 Å². The fourth-order valence-electron chi connectivity index (χ4n) is 16.8. The first kappa shape index (κ1) is 66.4. The van der Waals surface area contributed by atoms with Crippen molar-refractivity contribution < 1.29 is 75.4 Å². The number of aromatic nitrogens is 12. The summed E-state index contributed by atoms with van der Waals surface area (Å²) < 4.78 is 85.2. The number of allylic oxidation sites excluding steroid dienone is 1. The van der Waals surface area contributed by atoms with Gasteiger partial charge in [0.25, 0.3) is 0 Å². The first-order chi connectivity index (χ1) is 44.9. The maximum Gasteiger partial charge on any atom is 0.472 e. The molecule has 7 aliphatic rings. The second-order valence-corrected chi connectivity index (χ2v) is 30.4. The Balaban J connectivity index is 0.610. The van der Waals surface area contributed by atoms with Crippen molar-refractivity contribution in [1.82, 2.24) is 58.6 Å². The minimum atomic E-state index is -5.09. The number of esters is 2. The summed E-state index contributed by atoms with van der Waals surface area (Å²) in [6.45, 7) is 10.8. The molecule has 31 nitrogen and oxygen atoms in total. The van der Waals surface area contributed by atoms with Crippen LogP contribution in [-0.4, -0.2) is 148 Å². The van der Waals surface area contributed by atoms with Crippen molar-refractivity contribution in [2.24, 2.45) is 46.3 Å². The van der Waals surface area contributed by atoms with Crippen LogP contribution in [0.3, 0.4) is 0 Å². The van der Waals surface area contributed by atoms with Crippen molar-refractivity contribution in [3.8, 4) is 0 Å². The molecule has 2 unspecified atom stereocenters. The quantitative estimate of drug-likeness (QED) is 0.0191. The van der Waals surface area contributed by atoms with Gasteiger partial charge in [-0.15, -0.1) is 0 Å². The van der Waals surface area contributed by atoms with Crippen LogP contribution in [0.5, 0.6) is 0 Å². The number of aliphatic hydroxyl groups is 1. The molecule has 9 N–H and O–H groups in total. The minimum absolute atomic E-state index is 0.00717. The number of carbonyl (C=O) groups excluding carboxylic acids is 2. The van der Waals surface area contributed by atoms with Gasteiger partial charge in [-0.05, 0) is 91.3 Å². The number of aliphatic hydroxyl groups excluding tert-OH is 1. The topological polar surface area (TPSA) is 421 Å². The highest BCUT2D eigenvalue weighted by Crippen LogP contribution is 2.68. The van der Waals surface area contributed by atoms with E-state index >= 15 is 0 Å². The molecular formula is C61H85N15O16P2. The lowest BCUT2D eigenvalue weighted by Gasteiger charge is -2.58. The molecule has 510 valence electrons. The molecule has 94 heavy (non-hydrogen) atoms. The summed E-state index contributed by atoms with van der Waals surface area (Å²) in [5.41, 5.74) is 21.4. The standard InChI is InChI=1S/C61H85N15O16P2/c1-32(2)7-6-8-33(3)40-11-12-41-39-10-9-34-19-35(15-17-60(34,4)42(39)16-18-61(40,41)5)87-47(79)14-13-46(78)84-23-37-21-44(58(89-37)75-30-72-49-52(63)66-27-69-55(49)75)91-94(82,83)86-25-38-22-45(59(90-38)76-31-73-50-53(64)67-28-70-56(50)76)92-93(80,81)85-24-36-20-43(77)57(88-36)74-29-71-48-51(62)65-26-68-54(48)74/h9,26-33,35-45,57-59,77H,6-8,10-25H2,1-5H3,(H,80,81)(H,82,83)(H2,62,65,68)(H2,63,66,69)(H2,64,67,70)/t33-,35+,36+,37+,38+,39+,40-,41+,42+,43-,44-,45-,57-,58-,59-,60+,61-/m1/s1. The van der Waals surface area contributed by atoms with Gasteiger partial charge in [0, 0.05) is 25.7 Å². The van der Waals surface area contributed by atoms with Gasteiger partial charge in [-0.2, -0.15) is 0 Å². The molecule has 3 saturated heterocycles. The largest absolute Gasteiger partial charge is 0.472 e. The van der Waals surface area contributed by atoms with E-state index in [2.05, 4.69) is 85.6 Å². The number of imidazole rings is 3. The molecule has 4 aliphatic carbocycles. The van der Waals surface area contributed by atoms with Gasteiger partial charge < -0.3 is 55.8 Å². The van der Waals surface area contributed by atoms with Crippen LogP contribution in [0, 0.1) is 46.3 Å². The molecule has 3 saturated carbocycles. The zero-order valence-corrected chi connectivity index (χ0v) is 55.1. The number of carbonyl (C=O) groups is 2. The molecule has 0 aromatic carbocycles. The first-order valence-electron chi connectivity index (χ1n) is 32.7. The predicted octanol–water partition coefficient (Wildman–Crippen LogP) is 7.76.